The van der Waals surface area contributed by atoms with Gasteiger partial charge >= 0.3 is 0 Å². The predicted molar refractivity (Wildman–Crippen MR) is 85.4 cm³/mol. The minimum atomic E-state index is -0.363. The molecule has 0 fully saturated rings. The zero-order chi connectivity index (χ0) is 16.5. The summed E-state index contributed by atoms with van der Waals surface area (Å²) in [6, 6.07) is 15.6. The molecule has 6 heteroatoms. The van der Waals surface area contributed by atoms with Crippen molar-refractivity contribution in [2.45, 2.75) is 6.92 Å². The molecule has 5 nitrogen and oxygen atoms in total. The molecule has 0 atom stereocenters. The minimum absolute atomic E-state index is 0.240. The van der Waals surface area contributed by atoms with Gasteiger partial charge in [0, 0.05) is 11.1 Å². The molecule has 118 valence electrons. The molecule has 0 aliphatic carbocycles. The number of aromatic nitrogens is 3. The summed E-state index contributed by atoms with van der Waals surface area (Å²) in [6.45, 7) is 1.78. The maximum atomic E-state index is 13.4. The van der Waals surface area contributed by atoms with Gasteiger partial charge in [-0.2, -0.15) is 0 Å². The van der Waals surface area contributed by atoms with Crippen molar-refractivity contribution in [3.05, 3.63) is 66.2 Å². The van der Waals surface area contributed by atoms with Crippen LogP contribution in [0.15, 0.2) is 63.5 Å². The Morgan fingerprint density at radius 2 is 1.62 bits per heavy atom. The molecule has 4 rings (SSSR count). The van der Waals surface area contributed by atoms with Crippen LogP contribution in [0.25, 0.3) is 34.2 Å². The monoisotopic (exact) mass is 321 g/mol. The van der Waals surface area contributed by atoms with Gasteiger partial charge in [-0.25, -0.2) is 4.39 Å². The van der Waals surface area contributed by atoms with E-state index in [0.29, 0.717) is 22.6 Å². The van der Waals surface area contributed by atoms with Crippen LogP contribution in [-0.2, 0) is 0 Å². The van der Waals surface area contributed by atoms with Gasteiger partial charge in [-0.3, -0.25) is 0 Å². The van der Waals surface area contributed by atoms with E-state index in [1.54, 1.807) is 19.1 Å². The van der Waals surface area contributed by atoms with Crippen molar-refractivity contribution in [3.63, 3.8) is 0 Å². The number of aryl methyl sites for hydroxylation is 1. The Morgan fingerprint density at radius 1 is 0.875 bits per heavy atom. The first kappa shape index (κ1) is 14.3. The zero-order valence-corrected chi connectivity index (χ0v) is 12.7. The molecule has 2 heterocycles. The third-order valence-corrected chi connectivity index (χ3v) is 3.62. The highest BCUT2D eigenvalue weighted by Crippen LogP contribution is 2.34. The highest BCUT2D eigenvalue weighted by atomic mass is 19.1. The number of rotatable bonds is 3. The van der Waals surface area contributed by atoms with Crippen LogP contribution in [0.2, 0.25) is 0 Å². The highest BCUT2D eigenvalue weighted by molar-refractivity contribution is 5.78. The van der Waals surface area contributed by atoms with E-state index in [1.807, 2.05) is 30.3 Å². The van der Waals surface area contributed by atoms with Gasteiger partial charge in [0.15, 0.2) is 0 Å². The van der Waals surface area contributed by atoms with Crippen LogP contribution in [0.4, 0.5) is 4.39 Å². The van der Waals surface area contributed by atoms with Crippen LogP contribution in [-0.4, -0.2) is 15.4 Å². The fourth-order valence-corrected chi connectivity index (χ4v) is 2.48. The lowest BCUT2D eigenvalue weighted by molar-refractivity contribution is 0.399. The van der Waals surface area contributed by atoms with Crippen molar-refractivity contribution in [2.75, 3.05) is 0 Å². The number of benzene rings is 2. The van der Waals surface area contributed by atoms with Crippen molar-refractivity contribution in [1.82, 2.24) is 15.4 Å². The first-order valence-electron chi connectivity index (χ1n) is 7.34. The van der Waals surface area contributed by atoms with Crippen molar-refractivity contribution < 1.29 is 13.3 Å². The lowest BCUT2D eigenvalue weighted by Gasteiger charge is -1.98. The van der Waals surface area contributed by atoms with Gasteiger partial charge < -0.3 is 8.94 Å². The van der Waals surface area contributed by atoms with E-state index in [0.717, 1.165) is 5.56 Å². The average Bonchev–Trinajstić information content (AvgIpc) is 3.22. The van der Waals surface area contributed by atoms with Crippen molar-refractivity contribution in [3.8, 4) is 34.2 Å². The maximum Gasteiger partial charge on any atom is 0.254 e. The molecule has 2 aromatic heterocycles. The third-order valence-electron chi connectivity index (χ3n) is 3.62. The van der Waals surface area contributed by atoms with Crippen LogP contribution in [0.5, 0.6) is 0 Å². The van der Waals surface area contributed by atoms with E-state index in [4.69, 9.17) is 8.94 Å². The fraction of sp³-hybridized carbons (Fsp3) is 0.0556. The second-order valence-corrected chi connectivity index (χ2v) is 5.25. The molecular weight excluding hydrogens is 309 g/mol. The Morgan fingerprint density at radius 3 is 2.42 bits per heavy atom. The van der Waals surface area contributed by atoms with E-state index >= 15 is 0 Å². The summed E-state index contributed by atoms with van der Waals surface area (Å²) in [6.07, 6.45) is 0. The van der Waals surface area contributed by atoms with Gasteiger partial charge in [0.1, 0.15) is 22.8 Å². The van der Waals surface area contributed by atoms with E-state index in [9.17, 15) is 4.39 Å². The van der Waals surface area contributed by atoms with Crippen LogP contribution in [0.1, 0.15) is 5.76 Å². The maximum absolute atomic E-state index is 13.4. The van der Waals surface area contributed by atoms with Crippen molar-refractivity contribution in [2.24, 2.45) is 0 Å². The summed E-state index contributed by atoms with van der Waals surface area (Å²) in [7, 11) is 0. The van der Waals surface area contributed by atoms with Gasteiger partial charge in [-0.15, -0.1) is 10.2 Å². The normalized spacial score (nSPS) is 10.9. The summed E-state index contributed by atoms with van der Waals surface area (Å²) in [4.78, 5) is 0. The van der Waals surface area contributed by atoms with Crippen molar-refractivity contribution in [1.29, 1.82) is 0 Å². The minimum Gasteiger partial charge on any atom is -0.416 e. The summed E-state index contributed by atoms with van der Waals surface area (Å²) in [5, 5.41) is 12.2. The molecule has 0 radical (unpaired) electrons. The Bertz CT molecular complexity index is 992. The van der Waals surface area contributed by atoms with E-state index in [2.05, 4.69) is 15.4 Å². The molecule has 0 saturated heterocycles. The topological polar surface area (TPSA) is 65.0 Å². The Kier molecular flexibility index (Phi) is 3.42. The first-order chi connectivity index (χ1) is 11.7. The summed E-state index contributed by atoms with van der Waals surface area (Å²) in [5.74, 6) is 0.734. The van der Waals surface area contributed by atoms with Gasteiger partial charge in [0.25, 0.3) is 5.89 Å². The lowest BCUT2D eigenvalue weighted by atomic mass is 10.1. The third kappa shape index (κ3) is 2.48. The number of halogens is 1. The standard InChI is InChI=1S/C18H12FN3O2/c1-11-15(16(22-24-11)12-6-3-2-4-7-12)18-21-20-17(23-18)13-8-5-9-14(19)10-13/h2-10H,1H3. The second-order valence-electron chi connectivity index (χ2n) is 5.25. The summed E-state index contributed by atoms with van der Waals surface area (Å²) < 4.78 is 24.4. The first-order valence-corrected chi connectivity index (χ1v) is 7.34. The summed E-state index contributed by atoms with van der Waals surface area (Å²) in [5.41, 5.74) is 2.66. The molecule has 24 heavy (non-hydrogen) atoms. The smallest absolute Gasteiger partial charge is 0.254 e. The quantitative estimate of drug-likeness (QED) is 0.555. The molecule has 0 amide bonds. The Hall–Kier alpha value is -3.28. The molecule has 0 bridgehead atoms. The van der Waals surface area contributed by atoms with Crippen LogP contribution < -0.4 is 0 Å². The molecule has 0 aliphatic rings. The van der Waals surface area contributed by atoms with Crippen molar-refractivity contribution >= 4 is 0 Å². The zero-order valence-electron chi connectivity index (χ0n) is 12.7. The van der Waals surface area contributed by atoms with Gasteiger partial charge in [0.2, 0.25) is 5.89 Å². The van der Waals surface area contributed by atoms with Crippen LogP contribution >= 0.6 is 0 Å². The van der Waals surface area contributed by atoms with Crippen LogP contribution in [0.3, 0.4) is 0 Å². The molecule has 0 spiro atoms. The molecule has 0 saturated carbocycles. The lowest BCUT2D eigenvalue weighted by Crippen LogP contribution is -1.84. The fourth-order valence-electron chi connectivity index (χ4n) is 2.48. The van der Waals surface area contributed by atoms with Gasteiger partial charge in [-0.1, -0.05) is 41.6 Å². The van der Waals surface area contributed by atoms with Gasteiger partial charge in [-0.05, 0) is 25.1 Å². The Balaban J connectivity index is 1.80. The second kappa shape index (κ2) is 5.73. The molecule has 0 unspecified atom stereocenters. The van der Waals surface area contributed by atoms with Crippen LogP contribution in [0, 0.1) is 12.7 Å². The van der Waals surface area contributed by atoms with E-state index < -0.39 is 0 Å². The number of hydrogen-bond acceptors (Lipinski definition) is 5. The molecule has 0 N–H and O–H groups in total. The number of hydrogen-bond donors (Lipinski definition) is 0. The largest absolute Gasteiger partial charge is 0.416 e. The summed E-state index contributed by atoms with van der Waals surface area (Å²) >= 11 is 0. The van der Waals surface area contributed by atoms with Gasteiger partial charge in [0.05, 0.1) is 0 Å². The SMILES string of the molecule is Cc1onc(-c2ccccc2)c1-c1nnc(-c2cccc(F)c2)o1. The highest BCUT2D eigenvalue weighted by Gasteiger charge is 2.22. The van der Waals surface area contributed by atoms with E-state index in [-0.39, 0.29) is 17.6 Å². The predicted octanol–water partition coefficient (Wildman–Crippen LogP) is 4.51. The number of nitrogens with zero attached hydrogens (tertiary/aromatic N) is 3. The Labute approximate surface area is 136 Å². The van der Waals surface area contributed by atoms with E-state index in [1.165, 1.54) is 12.1 Å². The average molecular weight is 321 g/mol. The molecule has 0 aliphatic heterocycles. The molecule has 4 aromatic rings. The molecule has 2 aromatic carbocycles. The molecular formula is C18H12FN3O2.